The molecule has 1 unspecified atom stereocenters. The number of nitrogens with one attached hydrogen (secondary N) is 2. The van der Waals surface area contributed by atoms with Gasteiger partial charge < -0.3 is 15.5 Å². The van der Waals surface area contributed by atoms with Crippen molar-refractivity contribution in [2.45, 2.75) is 50.1 Å². The zero-order chi connectivity index (χ0) is 26.6. The van der Waals surface area contributed by atoms with E-state index in [0.717, 1.165) is 24.9 Å². The molecule has 4 fully saturated rings. The van der Waals surface area contributed by atoms with Crippen LogP contribution in [0.1, 0.15) is 38.5 Å². The van der Waals surface area contributed by atoms with Gasteiger partial charge in [-0.05, 0) is 92.7 Å². The molecule has 2 N–H and O–H groups in total. The van der Waals surface area contributed by atoms with Gasteiger partial charge in [0.1, 0.15) is 0 Å². The highest BCUT2D eigenvalue weighted by atomic mass is 16.2. The molecule has 3 aromatic rings. The Labute approximate surface area is 228 Å². The number of benzene rings is 3. The molecule has 1 heterocycles. The molecule has 39 heavy (non-hydrogen) atoms. The van der Waals surface area contributed by atoms with Crippen molar-refractivity contribution in [3.63, 3.8) is 0 Å². The van der Waals surface area contributed by atoms with Crippen LogP contribution in [0.2, 0.25) is 0 Å². The zero-order valence-electron chi connectivity index (χ0n) is 21.8. The number of carbonyl (C=O) groups is 3. The molecule has 4 bridgehead atoms. The van der Waals surface area contributed by atoms with E-state index in [1.807, 2.05) is 77.7 Å². The minimum absolute atomic E-state index is 0.343. The van der Waals surface area contributed by atoms with Crippen molar-refractivity contribution < 1.29 is 14.4 Å². The van der Waals surface area contributed by atoms with Crippen molar-refractivity contribution in [1.82, 2.24) is 5.32 Å². The number of carbonyl (C=O) groups excluding carboxylic acids is 3. The summed E-state index contributed by atoms with van der Waals surface area (Å²) in [5.74, 6) is 1.000. The molecule has 8 rings (SSSR count). The van der Waals surface area contributed by atoms with Crippen LogP contribution in [0.4, 0.5) is 27.5 Å². The quantitative estimate of drug-likeness (QED) is 0.423. The third-order valence-corrected chi connectivity index (χ3v) is 9.10. The zero-order valence-corrected chi connectivity index (χ0v) is 21.8. The highest BCUT2D eigenvalue weighted by molar-refractivity contribution is 6.24. The molecule has 4 aliphatic carbocycles. The average molecular weight is 521 g/mol. The maximum Gasteiger partial charge on any atom is 0.320 e. The molecular formula is C32H32N4O3. The van der Waals surface area contributed by atoms with Gasteiger partial charge in [-0.15, -0.1) is 0 Å². The fourth-order valence-corrected chi connectivity index (χ4v) is 8.06. The first-order valence-corrected chi connectivity index (χ1v) is 14.0. The second-order valence-electron chi connectivity index (χ2n) is 11.7. The molecule has 0 radical (unpaired) electrons. The fourth-order valence-electron chi connectivity index (χ4n) is 8.06. The second-order valence-corrected chi connectivity index (χ2v) is 11.7. The molecule has 0 saturated heterocycles. The molecule has 4 amide bonds. The number of hydrogen-bond donors (Lipinski definition) is 2. The van der Waals surface area contributed by atoms with Crippen molar-refractivity contribution >= 4 is 40.6 Å². The Morgan fingerprint density at radius 1 is 0.692 bits per heavy atom. The van der Waals surface area contributed by atoms with Crippen LogP contribution < -0.4 is 20.4 Å². The smallest absolute Gasteiger partial charge is 0.318 e. The molecule has 198 valence electrons. The summed E-state index contributed by atoms with van der Waals surface area (Å²) in [6.07, 6.45) is 6.54. The van der Waals surface area contributed by atoms with Crippen LogP contribution in [0.5, 0.6) is 0 Å². The van der Waals surface area contributed by atoms with Gasteiger partial charge in [0.25, 0.3) is 11.8 Å². The summed E-state index contributed by atoms with van der Waals surface area (Å²) in [4.78, 5) is 45.7. The third-order valence-electron chi connectivity index (χ3n) is 9.10. The number of nitrogens with zero attached hydrogens (tertiary/aromatic N) is 2. The second kappa shape index (κ2) is 9.26. The van der Waals surface area contributed by atoms with E-state index in [-0.39, 0.29) is 11.4 Å². The molecule has 0 aromatic heterocycles. The number of hydrogen-bond acceptors (Lipinski definition) is 3. The van der Waals surface area contributed by atoms with E-state index < -0.39 is 18.0 Å². The number of fused-ring (bicyclic) bond motifs is 1. The van der Waals surface area contributed by atoms with E-state index >= 15 is 0 Å². The molecular weight excluding hydrogens is 488 g/mol. The maximum atomic E-state index is 14.6. The van der Waals surface area contributed by atoms with Gasteiger partial charge in [-0.3, -0.25) is 14.5 Å². The molecule has 7 heteroatoms. The normalized spacial score (nSPS) is 29.1. The van der Waals surface area contributed by atoms with Crippen molar-refractivity contribution in [1.29, 1.82) is 0 Å². The maximum absolute atomic E-state index is 14.6. The summed E-state index contributed by atoms with van der Waals surface area (Å²) < 4.78 is 0. The lowest BCUT2D eigenvalue weighted by Gasteiger charge is -2.60. The molecule has 0 spiro atoms. The van der Waals surface area contributed by atoms with E-state index in [4.69, 9.17) is 0 Å². The van der Waals surface area contributed by atoms with E-state index in [1.165, 1.54) is 19.3 Å². The minimum Gasteiger partial charge on any atom is -0.318 e. The Bertz CT molecular complexity index is 1390. The molecule has 1 atom stereocenters. The Morgan fingerprint density at radius 3 is 1.85 bits per heavy atom. The van der Waals surface area contributed by atoms with E-state index in [9.17, 15) is 14.4 Å². The molecule has 4 saturated carbocycles. The number of amides is 4. The monoisotopic (exact) mass is 520 g/mol. The van der Waals surface area contributed by atoms with Gasteiger partial charge in [0.2, 0.25) is 0 Å². The number of anilines is 4. The predicted octanol–water partition coefficient (Wildman–Crippen LogP) is 5.86. The van der Waals surface area contributed by atoms with Crippen molar-refractivity contribution in [2.75, 3.05) is 15.1 Å². The summed E-state index contributed by atoms with van der Waals surface area (Å²) >= 11 is 0. The first kappa shape index (κ1) is 23.9. The lowest BCUT2D eigenvalue weighted by molar-refractivity contribution is -0.130. The predicted molar refractivity (Wildman–Crippen MR) is 151 cm³/mol. The van der Waals surface area contributed by atoms with Crippen molar-refractivity contribution in [3.8, 4) is 0 Å². The highest BCUT2D eigenvalue weighted by Crippen LogP contribution is 2.59. The minimum atomic E-state index is -1.37. The summed E-state index contributed by atoms with van der Waals surface area (Å²) in [6.45, 7) is 0. The van der Waals surface area contributed by atoms with Crippen LogP contribution in [0.3, 0.4) is 0 Å². The Balaban J connectivity index is 1.34. The molecule has 3 aromatic carbocycles. The van der Waals surface area contributed by atoms with Crippen LogP contribution in [0.25, 0.3) is 0 Å². The fraction of sp³-hybridized carbons (Fsp3) is 0.344. The summed E-state index contributed by atoms with van der Waals surface area (Å²) in [5, 5.41) is 5.56. The first-order valence-electron chi connectivity index (χ1n) is 14.0. The van der Waals surface area contributed by atoms with Gasteiger partial charge in [-0.25, -0.2) is 4.79 Å². The number of urea groups is 1. The van der Waals surface area contributed by atoms with Crippen molar-refractivity contribution in [2.24, 2.45) is 17.8 Å². The Kier molecular flexibility index (Phi) is 5.69. The van der Waals surface area contributed by atoms with E-state index in [2.05, 4.69) is 10.6 Å². The van der Waals surface area contributed by atoms with E-state index in [1.54, 1.807) is 17.0 Å². The SMILES string of the molecule is O=C(Nc1ccccc1)NC1C(=O)N(c2ccccc2)c2ccccc2N(C23CC4CC(CC(C4)C2)C3)C1=O. The average Bonchev–Trinajstić information content (AvgIpc) is 3.01. The van der Waals surface area contributed by atoms with Crippen LogP contribution in [0.15, 0.2) is 84.9 Å². The summed E-state index contributed by atoms with van der Waals surface area (Å²) in [6, 6.07) is 24.2. The Morgan fingerprint density at radius 2 is 1.23 bits per heavy atom. The largest absolute Gasteiger partial charge is 0.320 e. The summed E-state index contributed by atoms with van der Waals surface area (Å²) in [7, 11) is 0. The summed E-state index contributed by atoms with van der Waals surface area (Å²) in [5.41, 5.74) is 2.32. The molecule has 7 nitrogen and oxygen atoms in total. The highest BCUT2D eigenvalue weighted by Gasteiger charge is 2.57. The molecule has 1 aliphatic heterocycles. The number of para-hydroxylation sites is 4. The van der Waals surface area contributed by atoms with Gasteiger partial charge in [0.05, 0.1) is 11.4 Å². The van der Waals surface area contributed by atoms with Gasteiger partial charge >= 0.3 is 6.03 Å². The van der Waals surface area contributed by atoms with Gasteiger partial charge in [-0.1, -0.05) is 48.5 Å². The first-order chi connectivity index (χ1) is 19.0. The third kappa shape index (κ3) is 4.08. The van der Waals surface area contributed by atoms with Crippen LogP contribution in [-0.4, -0.2) is 29.4 Å². The molecule has 5 aliphatic rings. The Hall–Kier alpha value is -4.13. The standard InChI is InChI=1S/C32H32N4O3/c37-29-28(34-31(39)33-24-9-3-1-4-10-24)30(38)36(32-18-21-15-22(19-32)17-23(16-21)20-32)27-14-8-7-13-26(27)35(29)25-11-5-2-6-12-25/h1-14,21-23,28H,15-20H2,(H2,33,34,39). The van der Waals surface area contributed by atoms with E-state index in [0.29, 0.717) is 34.8 Å². The number of rotatable bonds is 4. The lowest BCUT2D eigenvalue weighted by Crippen LogP contribution is -2.65. The van der Waals surface area contributed by atoms with Gasteiger partial charge in [0, 0.05) is 16.9 Å². The lowest BCUT2D eigenvalue weighted by atomic mass is 9.52. The van der Waals surface area contributed by atoms with Gasteiger partial charge in [0.15, 0.2) is 6.04 Å². The topological polar surface area (TPSA) is 81.8 Å². The van der Waals surface area contributed by atoms with Crippen molar-refractivity contribution in [3.05, 3.63) is 84.9 Å². The van der Waals surface area contributed by atoms with Crippen LogP contribution in [0, 0.1) is 17.8 Å². The van der Waals surface area contributed by atoms with Crippen LogP contribution in [-0.2, 0) is 9.59 Å². The van der Waals surface area contributed by atoms with Crippen LogP contribution >= 0.6 is 0 Å². The van der Waals surface area contributed by atoms with Gasteiger partial charge in [-0.2, -0.15) is 0 Å².